The summed E-state index contributed by atoms with van der Waals surface area (Å²) in [7, 11) is 1.65. The number of rotatable bonds is 8. The summed E-state index contributed by atoms with van der Waals surface area (Å²) in [6, 6.07) is 3.70. The lowest BCUT2D eigenvalue weighted by atomic mass is 10.0. The van der Waals surface area contributed by atoms with Gasteiger partial charge in [0.15, 0.2) is 0 Å². The summed E-state index contributed by atoms with van der Waals surface area (Å²) in [5.41, 5.74) is 2.94. The van der Waals surface area contributed by atoms with Crippen molar-refractivity contribution in [1.82, 2.24) is 9.88 Å². The van der Waals surface area contributed by atoms with Crippen LogP contribution >= 0.6 is 0 Å². The quantitative estimate of drug-likeness (QED) is 0.561. The fourth-order valence-corrected chi connectivity index (χ4v) is 2.39. The Morgan fingerprint density at radius 1 is 1.50 bits per heavy atom. The highest BCUT2D eigenvalue weighted by molar-refractivity contribution is 6.02. The van der Waals surface area contributed by atoms with Gasteiger partial charge in [0.2, 0.25) is 0 Å². The Hall–Kier alpha value is -2.10. The van der Waals surface area contributed by atoms with Gasteiger partial charge in [-0.25, -0.2) is 0 Å². The number of amides is 1. The molecule has 0 saturated heterocycles. The maximum absolute atomic E-state index is 12.3. The Labute approximate surface area is 143 Å². The highest BCUT2D eigenvalue weighted by Gasteiger charge is 2.17. The molecule has 24 heavy (non-hydrogen) atoms. The van der Waals surface area contributed by atoms with Crippen LogP contribution in [0.25, 0.3) is 6.08 Å². The summed E-state index contributed by atoms with van der Waals surface area (Å²) < 4.78 is 7.21. The van der Waals surface area contributed by atoms with Crippen molar-refractivity contribution in [2.45, 2.75) is 40.3 Å². The van der Waals surface area contributed by atoms with Crippen molar-refractivity contribution in [3.8, 4) is 6.07 Å². The van der Waals surface area contributed by atoms with E-state index >= 15 is 0 Å². The van der Waals surface area contributed by atoms with Crippen LogP contribution in [-0.2, 0) is 16.1 Å². The maximum atomic E-state index is 12.3. The van der Waals surface area contributed by atoms with Gasteiger partial charge in [-0.2, -0.15) is 5.26 Å². The average Bonchev–Trinajstić information content (AvgIpc) is 2.83. The first-order valence-electron chi connectivity index (χ1n) is 8.04. The number of nitriles is 1. The van der Waals surface area contributed by atoms with E-state index in [9.17, 15) is 10.1 Å². The molecule has 132 valence electrons. The number of aliphatic hydroxyl groups is 1. The molecule has 2 atom stereocenters. The zero-order valence-corrected chi connectivity index (χ0v) is 15.1. The van der Waals surface area contributed by atoms with Crippen molar-refractivity contribution in [2.24, 2.45) is 5.92 Å². The third kappa shape index (κ3) is 4.95. The van der Waals surface area contributed by atoms with Crippen LogP contribution in [0.2, 0.25) is 0 Å². The van der Waals surface area contributed by atoms with Gasteiger partial charge in [0.05, 0.1) is 6.61 Å². The van der Waals surface area contributed by atoms with Crippen molar-refractivity contribution in [2.75, 3.05) is 20.3 Å². The number of aliphatic hydroxyl groups excluding tert-OH is 1. The zero-order valence-electron chi connectivity index (χ0n) is 15.1. The van der Waals surface area contributed by atoms with Gasteiger partial charge in [0, 0.05) is 37.7 Å². The molecule has 1 aromatic rings. The van der Waals surface area contributed by atoms with Gasteiger partial charge < -0.3 is 19.7 Å². The number of aryl methyl sites for hydroxylation is 1. The fraction of sp³-hybridized carbons (Fsp3) is 0.556. The number of methoxy groups -OCH3 is 1. The monoisotopic (exact) mass is 333 g/mol. The van der Waals surface area contributed by atoms with Crippen LogP contribution in [0.3, 0.4) is 0 Å². The topological polar surface area (TPSA) is 87.3 Å². The molecule has 2 N–H and O–H groups in total. The number of aromatic nitrogens is 1. The molecule has 0 aromatic carbocycles. The van der Waals surface area contributed by atoms with E-state index in [0.29, 0.717) is 6.61 Å². The predicted octanol–water partition coefficient (Wildman–Crippen LogP) is 1.79. The third-order valence-corrected chi connectivity index (χ3v) is 4.30. The second-order valence-electron chi connectivity index (χ2n) is 6.06. The SMILES string of the molecule is COCCn1c(C)cc(/C=C(/C#N)C(=O)NC(C)C(C)CO)c1C. The number of ether oxygens (including phenoxy) is 1. The van der Waals surface area contributed by atoms with E-state index in [4.69, 9.17) is 9.84 Å². The maximum Gasteiger partial charge on any atom is 0.262 e. The highest BCUT2D eigenvalue weighted by Crippen LogP contribution is 2.18. The molecule has 0 radical (unpaired) electrons. The molecule has 1 rings (SSSR count). The van der Waals surface area contributed by atoms with E-state index in [1.807, 2.05) is 39.8 Å². The minimum Gasteiger partial charge on any atom is -0.396 e. The molecular weight excluding hydrogens is 306 g/mol. The second-order valence-corrected chi connectivity index (χ2v) is 6.06. The molecule has 1 aromatic heterocycles. The van der Waals surface area contributed by atoms with E-state index in [1.165, 1.54) is 0 Å². The molecule has 2 unspecified atom stereocenters. The molecule has 6 heteroatoms. The zero-order chi connectivity index (χ0) is 18.3. The molecule has 6 nitrogen and oxygen atoms in total. The van der Waals surface area contributed by atoms with Crippen molar-refractivity contribution < 1.29 is 14.6 Å². The molecule has 0 aliphatic heterocycles. The van der Waals surface area contributed by atoms with Crippen LogP contribution in [0.1, 0.15) is 30.8 Å². The van der Waals surface area contributed by atoms with Gasteiger partial charge in [0.25, 0.3) is 5.91 Å². The number of carbonyl (C=O) groups excluding carboxylic acids is 1. The molecule has 0 bridgehead atoms. The largest absolute Gasteiger partial charge is 0.396 e. The van der Waals surface area contributed by atoms with Crippen molar-refractivity contribution >= 4 is 12.0 Å². The first-order valence-corrected chi connectivity index (χ1v) is 8.04. The number of nitrogens with zero attached hydrogens (tertiary/aromatic N) is 2. The molecule has 0 aliphatic carbocycles. The van der Waals surface area contributed by atoms with Gasteiger partial charge in [-0.15, -0.1) is 0 Å². The van der Waals surface area contributed by atoms with E-state index < -0.39 is 5.91 Å². The first kappa shape index (κ1) is 19.9. The molecule has 0 fully saturated rings. The van der Waals surface area contributed by atoms with Gasteiger partial charge in [-0.05, 0) is 44.4 Å². The minimum atomic E-state index is -0.424. The number of carbonyl (C=O) groups is 1. The van der Waals surface area contributed by atoms with E-state index in [1.54, 1.807) is 13.2 Å². The Kier molecular flexibility index (Phi) is 7.69. The molecule has 0 aliphatic rings. The van der Waals surface area contributed by atoms with Gasteiger partial charge in [-0.3, -0.25) is 4.79 Å². The summed E-state index contributed by atoms with van der Waals surface area (Å²) in [6.07, 6.45) is 1.61. The Morgan fingerprint density at radius 2 is 2.17 bits per heavy atom. The van der Waals surface area contributed by atoms with E-state index in [2.05, 4.69) is 9.88 Å². The van der Waals surface area contributed by atoms with Crippen LogP contribution in [0, 0.1) is 31.1 Å². The van der Waals surface area contributed by atoms with Crippen LogP contribution in [0.5, 0.6) is 0 Å². The van der Waals surface area contributed by atoms with Crippen LogP contribution in [-0.4, -0.2) is 41.9 Å². The summed E-state index contributed by atoms with van der Waals surface area (Å²) >= 11 is 0. The van der Waals surface area contributed by atoms with Crippen molar-refractivity contribution in [1.29, 1.82) is 5.26 Å². The molecule has 0 spiro atoms. The van der Waals surface area contributed by atoms with Gasteiger partial charge >= 0.3 is 0 Å². The third-order valence-electron chi connectivity index (χ3n) is 4.30. The molecular formula is C18H27N3O3. The highest BCUT2D eigenvalue weighted by atomic mass is 16.5. The lowest BCUT2D eigenvalue weighted by molar-refractivity contribution is -0.118. The minimum absolute atomic E-state index is 0.0201. The number of nitrogens with one attached hydrogen (secondary N) is 1. The van der Waals surface area contributed by atoms with Crippen LogP contribution in [0.4, 0.5) is 0 Å². The lowest BCUT2D eigenvalue weighted by Gasteiger charge is -2.18. The number of hydrogen-bond acceptors (Lipinski definition) is 4. The van der Waals surface area contributed by atoms with E-state index in [0.717, 1.165) is 23.5 Å². The Morgan fingerprint density at radius 3 is 2.71 bits per heavy atom. The van der Waals surface area contributed by atoms with E-state index in [-0.39, 0.29) is 24.1 Å². The van der Waals surface area contributed by atoms with Gasteiger partial charge in [-0.1, -0.05) is 6.92 Å². The Balaban J connectivity index is 3.00. The summed E-state index contributed by atoms with van der Waals surface area (Å²) in [6.45, 7) is 8.89. The van der Waals surface area contributed by atoms with Crippen LogP contribution < -0.4 is 5.32 Å². The Bertz CT molecular complexity index is 641. The van der Waals surface area contributed by atoms with Crippen LogP contribution in [0.15, 0.2) is 11.6 Å². The average molecular weight is 333 g/mol. The standard InChI is InChI=1S/C18H27N3O3/c1-12(11-22)14(3)20-18(23)17(10-19)9-16-8-13(2)21(15(16)4)6-7-24-5/h8-9,12,14,22H,6-7,11H2,1-5H3,(H,20,23)/b17-9-. The summed E-state index contributed by atoms with van der Waals surface area (Å²) in [4.78, 5) is 12.3. The summed E-state index contributed by atoms with van der Waals surface area (Å²) in [5, 5.41) is 21.2. The second kappa shape index (κ2) is 9.26. The molecule has 1 amide bonds. The smallest absolute Gasteiger partial charge is 0.262 e. The predicted molar refractivity (Wildman–Crippen MR) is 93.2 cm³/mol. The fourth-order valence-electron chi connectivity index (χ4n) is 2.39. The molecule has 0 saturated carbocycles. The van der Waals surface area contributed by atoms with Gasteiger partial charge in [0.1, 0.15) is 11.6 Å². The number of hydrogen-bond donors (Lipinski definition) is 2. The van der Waals surface area contributed by atoms with Crippen molar-refractivity contribution in [3.05, 3.63) is 28.6 Å². The normalized spacial score (nSPS) is 14.1. The summed E-state index contributed by atoms with van der Waals surface area (Å²) in [5.74, 6) is -0.500. The van der Waals surface area contributed by atoms with Crippen molar-refractivity contribution in [3.63, 3.8) is 0 Å². The molecule has 1 heterocycles. The first-order chi connectivity index (χ1) is 11.3. The lowest BCUT2D eigenvalue weighted by Crippen LogP contribution is -2.38.